The lowest BCUT2D eigenvalue weighted by Gasteiger charge is -2.14. The van der Waals surface area contributed by atoms with Crippen molar-refractivity contribution < 1.29 is 23.3 Å². The molecule has 176 valence electrons. The Hall–Kier alpha value is -2.96. The van der Waals surface area contributed by atoms with Crippen LogP contribution >= 0.6 is 11.6 Å². The maximum atomic E-state index is 13.2. The summed E-state index contributed by atoms with van der Waals surface area (Å²) < 4.78 is 35.6. The Labute approximate surface area is 199 Å². The minimum atomic E-state index is -0.373. The van der Waals surface area contributed by atoms with E-state index in [1.54, 1.807) is 20.3 Å². The first-order valence-electron chi connectivity index (χ1n) is 10.8. The smallest absolute Gasteiger partial charge is 0.161 e. The van der Waals surface area contributed by atoms with Gasteiger partial charge in [0.05, 0.1) is 25.8 Å². The van der Waals surface area contributed by atoms with Crippen LogP contribution in [0.1, 0.15) is 23.6 Å². The highest BCUT2D eigenvalue weighted by molar-refractivity contribution is 6.31. The van der Waals surface area contributed by atoms with Crippen molar-refractivity contribution in [3.8, 4) is 23.0 Å². The van der Waals surface area contributed by atoms with E-state index in [4.69, 9.17) is 30.5 Å². The Kier molecular flexibility index (Phi) is 9.22. The topological polar surface area (TPSA) is 49.0 Å². The molecule has 3 aromatic rings. The Morgan fingerprint density at radius 2 is 1.55 bits per heavy atom. The summed E-state index contributed by atoms with van der Waals surface area (Å²) in [7, 11) is 3.27. The fourth-order valence-electron chi connectivity index (χ4n) is 3.35. The zero-order valence-corrected chi connectivity index (χ0v) is 19.9. The molecule has 0 radical (unpaired) electrons. The molecule has 0 bridgehead atoms. The normalized spacial score (nSPS) is 10.7. The molecule has 0 fully saturated rings. The molecule has 0 saturated heterocycles. The van der Waals surface area contributed by atoms with Crippen LogP contribution in [0.5, 0.6) is 23.0 Å². The van der Waals surface area contributed by atoms with Crippen molar-refractivity contribution in [1.82, 2.24) is 5.32 Å². The van der Waals surface area contributed by atoms with E-state index in [1.807, 2.05) is 43.3 Å². The van der Waals surface area contributed by atoms with Crippen molar-refractivity contribution >= 4 is 11.6 Å². The van der Waals surface area contributed by atoms with Crippen LogP contribution in [0.4, 0.5) is 4.39 Å². The van der Waals surface area contributed by atoms with Gasteiger partial charge in [-0.3, -0.25) is 0 Å². The third kappa shape index (κ3) is 7.01. The second-order valence-electron chi connectivity index (χ2n) is 7.35. The van der Waals surface area contributed by atoms with Gasteiger partial charge in [0.2, 0.25) is 0 Å². The Balaban J connectivity index is 1.56. The van der Waals surface area contributed by atoms with E-state index in [-0.39, 0.29) is 12.4 Å². The fraction of sp³-hybridized carbons (Fsp3) is 0.308. The van der Waals surface area contributed by atoms with Gasteiger partial charge < -0.3 is 24.3 Å². The highest BCUT2D eigenvalue weighted by atomic mass is 35.5. The zero-order chi connectivity index (χ0) is 23.6. The van der Waals surface area contributed by atoms with Gasteiger partial charge in [-0.1, -0.05) is 29.8 Å². The lowest BCUT2D eigenvalue weighted by molar-refractivity contribution is 0.269. The van der Waals surface area contributed by atoms with Gasteiger partial charge in [0.1, 0.15) is 12.4 Å². The number of nitrogens with one attached hydrogen (secondary N) is 1. The van der Waals surface area contributed by atoms with Crippen molar-refractivity contribution in [2.24, 2.45) is 0 Å². The van der Waals surface area contributed by atoms with E-state index in [9.17, 15) is 4.39 Å². The van der Waals surface area contributed by atoms with Crippen molar-refractivity contribution in [1.29, 1.82) is 0 Å². The van der Waals surface area contributed by atoms with E-state index >= 15 is 0 Å². The van der Waals surface area contributed by atoms with Gasteiger partial charge in [0.25, 0.3) is 0 Å². The molecule has 0 unspecified atom stereocenters. The van der Waals surface area contributed by atoms with Crippen LogP contribution < -0.4 is 24.3 Å². The first kappa shape index (κ1) is 24.7. The molecule has 0 spiro atoms. The van der Waals surface area contributed by atoms with Gasteiger partial charge in [-0.15, -0.1) is 0 Å². The van der Waals surface area contributed by atoms with Crippen LogP contribution in [0, 0.1) is 5.82 Å². The molecule has 7 heteroatoms. The Bertz CT molecular complexity index is 1060. The standard InChI is InChI=1S/C26H29ClFNO4/c1-4-32-26-14-19(6-10-24(26)33-17-20-7-8-21(28)15-22(20)27)16-29-12-11-18-5-9-23(30-2)25(13-18)31-3/h5-10,13-15,29H,4,11-12,16-17H2,1-3H3. The van der Waals surface area contributed by atoms with Crippen molar-refractivity contribution in [2.45, 2.75) is 26.5 Å². The van der Waals surface area contributed by atoms with Gasteiger partial charge in [-0.05, 0) is 67.4 Å². The molecular weight excluding hydrogens is 445 g/mol. The summed E-state index contributed by atoms with van der Waals surface area (Å²) in [6.45, 7) is 4.17. The third-order valence-electron chi connectivity index (χ3n) is 5.07. The van der Waals surface area contributed by atoms with E-state index in [2.05, 4.69) is 5.32 Å². The molecule has 33 heavy (non-hydrogen) atoms. The summed E-state index contributed by atoms with van der Waals surface area (Å²) in [5.74, 6) is 2.36. The summed E-state index contributed by atoms with van der Waals surface area (Å²) in [6.07, 6.45) is 0.859. The number of hydrogen-bond acceptors (Lipinski definition) is 5. The number of methoxy groups -OCH3 is 2. The van der Waals surface area contributed by atoms with Gasteiger partial charge in [-0.25, -0.2) is 4.39 Å². The largest absolute Gasteiger partial charge is 0.493 e. The van der Waals surface area contributed by atoms with Gasteiger partial charge in [0, 0.05) is 12.1 Å². The van der Waals surface area contributed by atoms with Crippen molar-refractivity contribution in [3.63, 3.8) is 0 Å². The van der Waals surface area contributed by atoms with E-state index < -0.39 is 0 Å². The number of halogens is 2. The molecule has 0 atom stereocenters. The molecule has 0 heterocycles. The lowest BCUT2D eigenvalue weighted by atomic mass is 10.1. The molecular formula is C26H29ClFNO4. The summed E-state index contributed by atoms with van der Waals surface area (Å²) in [5.41, 5.74) is 2.96. The average Bonchev–Trinajstić information content (AvgIpc) is 2.82. The van der Waals surface area contributed by atoms with Crippen LogP contribution in [0.25, 0.3) is 0 Å². The molecule has 5 nitrogen and oxygen atoms in total. The van der Waals surface area contributed by atoms with E-state index in [0.717, 1.165) is 30.0 Å². The Morgan fingerprint density at radius 3 is 2.27 bits per heavy atom. The second kappa shape index (κ2) is 12.3. The zero-order valence-electron chi connectivity index (χ0n) is 19.1. The van der Waals surface area contributed by atoms with Crippen LogP contribution in [-0.2, 0) is 19.6 Å². The van der Waals surface area contributed by atoms with Crippen LogP contribution in [-0.4, -0.2) is 27.4 Å². The van der Waals surface area contributed by atoms with Gasteiger partial charge >= 0.3 is 0 Å². The molecule has 3 rings (SSSR count). The summed E-state index contributed by atoms with van der Waals surface area (Å²) >= 11 is 6.10. The van der Waals surface area contributed by atoms with E-state index in [0.29, 0.717) is 35.2 Å². The lowest BCUT2D eigenvalue weighted by Crippen LogP contribution is -2.16. The summed E-state index contributed by atoms with van der Waals surface area (Å²) in [4.78, 5) is 0. The molecule has 0 aliphatic carbocycles. The monoisotopic (exact) mass is 473 g/mol. The maximum absolute atomic E-state index is 13.2. The van der Waals surface area contributed by atoms with Gasteiger partial charge in [-0.2, -0.15) is 0 Å². The first-order chi connectivity index (χ1) is 16.0. The highest BCUT2D eigenvalue weighted by Gasteiger charge is 2.10. The number of ether oxygens (including phenoxy) is 4. The predicted molar refractivity (Wildman–Crippen MR) is 128 cm³/mol. The SMILES string of the molecule is CCOc1cc(CNCCc2ccc(OC)c(OC)c2)ccc1OCc1ccc(F)cc1Cl. The minimum absolute atomic E-state index is 0.224. The summed E-state index contributed by atoms with van der Waals surface area (Å²) in [6, 6.07) is 16.1. The molecule has 0 saturated carbocycles. The number of benzene rings is 3. The molecule has 1 N–H and O–H groups in total. The van der Waals surface area contributed by atoms with Gasteiger partial charge in [0.15, 0.2) is 23.0 Å². The van der Waals surface area contributed by atoms with Crippen molar-refractivity contribution in [3.05, 3.63) is 82.1 Å². The molecule has 0 aromatic heterocycles. The Morgan fingerprint density at radius 1 is 0.818 bits per heavy atom. The fourth-order valence-corrected chi connectivity index (χ4v) is 3.57. The van der Waals surface area contributed by atoms with Crippen LogP contribution in [0.2, 0.25) is 5.02 Å². The van der Waals surface area contributed by atoms with Crippen LogP contribution in [0.15, 0.2) is 54.6 Å². The maximum Gasteiger partial charge on any atom is 0.161 e. The van der Waals surface area contributed by atoms with E-state index in [1.165, 1.54) is 17.7 Å². The third-order valence-corrected chi connectivity index (χ3v) is 5.43. The number of hydrogen-bond donors (Lipinski definition) is 1. The average molecular weight is 474 g/mol. The first-order valence-corrected chi connectivity index (χ1v) is 11.2. The highest BCUT2D eigenvalue weighted by Crippen LogP contribution is 2.30. The molecule has 3 aromatic carbocycles. The number of rotatable bonds is 12. The predicted octanol–water partition coefficient (Wildman–Crippen LogP) is 5.81. The molecule has 0 aliphatic rings. The molecule has 0 amide bonds. The summed E-state index contributed by atoms with van der Waals surface area (Å²) in [5, 5.41) is 3.79. The minimum Gasteiger partial charge on any atom is -0.493 e. The molecule has 0 aliphatic heterocycles. The van der Waals surface area contributed by atoms with Crippen molar-refractivity contribution in [2.75, 3.05) is 27.4 Å². The second-order valence-corrected chi connectivity index (χ2v) is 7.76. The quantitative estimate of drug-likeness (QED) is 0.336. The van der Waals surface area contributed by atoms with Crippen LogP contribution in [0.3, 0.4) is 0 Å².